The minimum atomic E-state index is -3.41. The maximum atomic E-state index is 14.2. The third-order valence-corrected chi connectivity index (χ3v) is 9.72. The number of halogens is 1. The Morgan fingerprint density at radius 1 is 1.02 bits per heavy atom. The van der Waals surface area contributed by atoms with E-state index >= 15 is 0 Å². The molecule has 222 valence electrons. The lowest BCUT2D eigenvalue weighted by Crippen LogP contribution is -2.31. The number of aromatic carboxylic acids is 2. The Hall–Kier alpha value is -3.92. The number of anilines is 1. The summed E-state index contributed by atoms with van der Waals surface area (Å²) in [6.45, 7) is 0.947. The van der Waals surface area contributed by atoms with E-state index in [-0.39, 0.29) is 32.2 Å². The summed E-state index contributed by atoms with van der Waals surface area (Å²) in [5.41, 5.74) is -1.32. The number of nitrogens with one attached hydrogen (secondary N) is 1. The van der Waals surface area contributed by atoms with E-state index in [9.17, 15) is 37.4 Å². The van der Waals surface area contributed by atoms with Crippen LogP contribution in [0.1, 0.15) is 58.1 Å². The SMILES string of the molecule is O=C(O)c1cc(Oc2cnc(NC(=O)C(OC3CCOCC3)c3ccc(S(=O)(=O)C4CC4)cc3)s2)cc(C(=O)O)c1F. The molecule has 1 saturated carbocycles. The predicted octanol–water partition coefficient (Wildman–Crippen LogP) is 4.28. The summed E-state index contributed by atoms with van der Waals surface area (Å²) in [5.74, 6) is -5.59. The fourth-order valence-electron chi connectivity index (χ4n) is 4.32. The highest BCUT2D eigenvalue weighted by atomic mass is 32.2. The van der Waals surface area contributed by atoms with Crippen LogP contribution in [0.2, 0.25) is 0 Å². The van der Waals surface area contributed by atoms with E-state index in [2.05, 4.69) is 10.3 Å². The van der Waals surface area contributed by atoms with Crippen molar-refractivity contribution in [2.75, 3.05) is 18.5 Å². The highest BCUT2D eigenvalue weighted by Crippen LogP contribution is 2.36. The number of aromatic nitrogens is 1. The van der Waals surface area contributed by atoms with Crippen LogP contribution in [-0.2, 0) is 24.1 Å². The van der Waals surface area contributed by atoms with Gasteiger partial charge in [0.15, 0.2) is 26.9 Å². The molecule has 1 saturated heterocycles. The van der Waals surface area contributed by atoms with Crippen molar-refractivity contribution in [3.05, 3.63) is 65.1 Å². The number of sulfone groups is 1. The van der Waals surface area contributed by atoms with Crippen molar-refractivity contribution in [2.24, 2.45) is 0 Å². The van der Waals surface area contributed by atoms with Gasteiger partial charge in [-0.3, -0.25) is 10.1 Å². The van der Waals surface area contributed by atoms with Gasteiger partial charge in [-0.05, 0) is 55.5 Å². The Bertz CT molecular complexity index is 1580. The number of hydrogen-bond acceptors (Lipinski definition) is 10. The molecule has 2 aromatic carbocycles. The maximum Gasteiger partial charge on any atom is 0.338 e. The lowest BCUT2D eigenvalue weighted by atomic mass is 10.1. The molecule has 3 aromatic rings. The Morgan fingerprint density at radius 2 is 1.64 bits per heavy atom. The van der Waals surface area contributed by atoms with E-state index in [4.69, 9.17) is 14.2 Å². The van der Waals surface area contributed by atoms with Gasteiger partial charge in [0.05, 0.1) is 33.6 Å². The van der Waals surface area contributed by atoms with Gasteiger partial charge in [0.2, 0.25) is 5.06 Å². The molecule has 12 nitrogen and oxygen atoms in total. The Balaban J connectivity index is 1.34. The van der Waals surface area contributed by atoms with Gasteiger partial charge < -0.3 is 24.4 Å². The summed E-state index contributed by atoms with van der Waals surface area (Å²) in [5, 5.41) is 20.8. The van der Waals surface area contributed by atoms with Crippen LogP contribution in [0.4, 0.5) is 9.52 Å². The van der Waals surface area contributed by atoms with Crippen molar-refractivity contribution in [1.29, 1.82) is 0 Å². The van der Waals surface area contributed by atoms with Gasteiger partial charge in [0.25, 0.3) is 5.91 Å². The van der Waals surface area contributed by atoms with Crippen LogP contribution in [0.15, 0.2) is 47.5 Å². The van der Waals surface area contributed by atoms with Gasteiger partial charge in [0, 0.05) is 13.2 Å². The molecule has 1 aliphatic carbocycles. The van der Waals surface area contributed by atoms with Gasteiger partial charge >= 0.3 is 11.9 Å². The molecule has 42 heavy (non-hydrogen) atoms. The Labute approximate surface area is 243 Å². The monoisotopic (exact) mass is 620 g/mol. The number of nitrogens with zero attached hydrogens (tertiary/aromatic N) is 1. The second-order valence-corrected chi connectivity index (χ2v) is 12.9. The molecule has 3 N–H and O–H groups in total. The van der Waals surface area contributed by atoms with Crippen molar-refractivity contribution in [2.45, 2.75) is 48.0 Å². The molecule has 1 amide bonds. The number of carboxylic acids is 2. The average molecular weight is 621 g/mol. The van der Waals surface area contributed by atoms with Crippen molar-refractivity contribution >= 4 is 44.2 Å². The van der Waals surface area contributed by atoms with E-state index in [1.807, 2.05) is 0 Å². The highest BCUT2D eigenvalue weighted by molar-refractivity contribution is 7.92. The zero-order valence-corrected chi connectivity index (χ0v) is 23.5. The summed E-state index contributed by atoms with van der Waals surface area (Å²) in [6, 6.07) is 7.70. The molecule has 5 rings (SSSR count). The number of carbonyl (C=O) groups is 3. The summed E-state index contributed by atoms with van der Waals surface area (Å²) in [4.78, 5) is 40.4. The lowest BCUT2D eigenvalue weighted by Gasteiger charge is -2.27. The third-order valence-electron chi connectivity index (χ3n) is 6.65. The van der Waals surface area contributed by atoms with Crippen LogP contribution in [0.5, 0.6) is 10.8 Å². The molecule has 0 radical (unpaired) electrons. The van der Waals surface area contributed by atoms with Gasteiger partial charge in [0.1, 0.15) is 5.75 Å². The number of carboxylic acid groups (broad SMARTS) is 2. The van der Waals surface area contributed by atoms with Crippen molar-refractivity contribution in [1.82, 2.24) is 4.98 Å². The summed E-state index contributed by atoms with van der Waals surface area (Å²) in [7, 11) is -3.41. The van der Waals surface area contributed by atoms with E-state index in [0.29, 0.717) is 44.5 Å². The lowest BCUT2D eigenvalue weighted by molar-refractivity contribution is -0.136. The standard InChI is InChI=1S/C27H25FN2O10S2/c28-22-19(25(32)33)11-16(12-20(22)26(34)35)39-21-13-29-27(41-21)30-24(31)23(40-15-7-9-38-10-8-15)14-1-3-17(4-2-14)42(36,37)18-5-6-18/h1-4,11-13,15,18,23H,5-10H2,(H,32,33)(H,34,35)(H,29,30,31). The summed E-state index contributed by atoms with van der Waals surface area (Å²) >= 11 is 0.855. The van der Waals surface area contributed by atoms with E-state index in [0.717, 1.165) is 23.5 Å². The molecule has 1 aliphatic heterocycles. The molecule has 2 heterocycles. The smallest absolute Gasteiger partial charge is 0.338 e. The van der Waals surface area contributed by atoms with E-state index < -0.39 is 50.7 Å². The topological polar surface area (TPSA) is 178 Å². The van der Waals surface area contributed by atoms with Gasteiger partial charge in [-0.15, -0.1) is 0 Å². The van der Waals surface area contributed by atoms with E-state index in [1.165, 1.54) is 18.3 Å². The molecule has 15 heteroatoms. The highest BCUT2D eigenvalue weighted by Gasteiger charge is 2.37. The quantitative estimate of drug-likeness (QED) is 0.279. The van der Waals surface area contributed by atoms with Crippen LogP contribution in [0.25, 0.3) is 0 Å². The number of hydrogen-bond donors (Lipinski definition) is 3. The van der Waals surface area contributed by atoms with E-state index in [1.54, 1.807) is 12.1 Å². The number of thiazole rings is 1. The van der Waals surface area contributed by atoms with Crippen LogP contribution < -0.4 is 10.1 Å². The van der Waals surface area contributed by atoms with Gasteiger partial charge in [-0.2, -0.15) is 0 Å². The fourth-order valence-corrected chi connectivity index (χ4v) is 6.67. The molecular weight excluding hydrogens is 595 g/mol. The first-order chi connectivity index (χ1) is 20.0. The third kappa shape index (κ3) is 6.59. The predicted molar refractivity (Wildman–Crippen MR) is 145 cm³/mol. The Morgan fingerprint density at radius 3 is 2.21 bits per heavy atom. The minimum Gasteiger partial charge on any atom is -0.478 e. The number of ether oxygens (including phenoxy) is 3. The second kappa shape index (κ2) is 12.1. The minimum absolute atomic E-state index is 0.0566. The molecule has 1 atom stereocenters. The zero-order valence-electron chi connectivity index (χ0n) is 21.8. The molecule has 2 fully saturated rings. The van der Waals surface area contributed by atoms with Crippen molar-refractivity contribution in [3.63, 3.8) is 0 Å². The summed E-state index contributed by atoms with van der Waals surface area (Å²) < 4.78 is 56.5. The van der Waals surface area contributed by atoms with Crippen molar-refractivity contribution < 1.29 is 51.6 Å². The van der Waals surface area contributed by atoms with Crippen LogP contribution >= 0.6 is 11.3 Å². The van der Waals surface area contributed by atoms with Gasteiger partial charge in [-0.1, -0.05) is 23.5 Å². The average Bonchev–Trinajstić information content (AvgIpc) is 3.74. The number of carbonyl (C=O) groups excluding carboxylic acids is 1. The molecule has 0 spiro atoms. The zero-order chi connectivity index (χ0) is 30.0. The van der Waals surface area contributed by atoms with Crippen molar-refractivity contribution in [3.8, 4) is 10.8 Å². The van der Waals surface area contributed by atoms with Crippen LogP contribution in [-0.4, -0.2) is 66.0 Å². The van der Waals surface area contributed by atoms with Crippen LogP contribution in [0, 0.1) is 5.82 Å². The fraction of sp³-hybridized carbons (Fsp3) is 0.333. The summed E-state index contributed by atoms with van der Waals surface area (Å²) in [6.07, 6.45) is 2.24. The first-order valence-electron chi connectivity index (χ1n) is 12.8. The molecule has 0 bridgehead atoms. The molecule has 1 aromatic heterocycles. The normalized spacial score (nSPS) is 16.5. The molecule has 2 aliphatic rings. The number of rotatable bonds is 11. The Kier molecular flexibility index (Phi) is 8.54. The van der Waals surface area contributed by atoms with Crippen LogP contribution in [0.3, 0.4) is 0 Å². The number of benzene rings is 2. The largest absolute Gasteiger partial charge is 0.478 e. The molecular formula is C27H25FN2O10S2. The second-order valence-electron chi connectivity index (χ2n) is 9.66. The first-order valence-corrected chi connectivity index (χ1v) is 15.2. The molecule has 1 unspecified atom stereocenters. The maximum absolute atomic E-state index is 14.2. The van der Waals surface area contributed by atoms with Gasteiger partial charge in [-0.25, -0.2) is 27.4 Å². The number of amides is 1. The first kappa shape index (κ1) is 29.6.